The molecule has 2 rings (SSSR count). The number of nitrogens with one attached hydrogen (secondary N) is 1. The summed E-state index contributed by atoms with van der Waals surface area (Å²) in [6, 6.07) is 5.10. The minimum Gasteiger partial charge on any atom is -0.321 e. The molecule has 0 fully saturated rings. The summed E-state index contributed by atoms with van der Waals surface area (Å²) in [4.78, 5) is 15.4. The lowest BCUT2D eigenvalue weighted by atomic mass is 10.2. The van der Waals surface area contributed by atoms with E-state index in [9.17, 15) is 22.4 Å². The first-order valence-electron chi connectivity index (χ1n) is 5.57. The summed E-state index contributed by atoms with van der Waals surface area (Å²) in [5.74, 6) is -1.34. The van der Waals surface area contributed by atoms with Gasteiger partial charge in [0.2, 0.25) is 0 Å². The quantitative estimate of drug-likeness (QED) is 0.811. The summed E-state index contributed by atoms with van der Waals surface area (Å²) in [5, 5.41) is 2.34. The van der Waals surface area contributed by atoms with Gasteiger partial charge in [0.1, 0.15) is 11.5 Å². The fraction of sp³-hybridized carbons (Fsp3) is 0.0769. The van der Waals surface area contributed by atoms with Gasteiger partial charge < -0.3 is 5.32 Å². The fourth-order valence-electron chi connectivity index (χ4n) is 1.50. The van der Waals surface area contributed by atoms with Crippen LogP contribution in [-0.4, -0.2) is 10.9 Å². The average Bonchev–Trinajstić information content (AvgIpc) is 2.42. The van der Waals surface area contributed by atoms with Crippen LogP contribution in [0.25, 0.3) is 0 Å². The van der Waals surface area contributed by atoms with E-state index in [1.165, 1.54) is 12.1 Å². The van der Waals surface area contributed by atoms with Gasteiger partial charge in [-0.2, -0.15) is 13.2 Å². The number of anilines is 1. The Morgan fingerprint density at radius 2 is 1.90 bits per heavy atom. The van der Waals surface area contributed by atoms with Crippen molar-refractivity contribution in [1.29, 1.82) is 0 Å². The van der Waals surface area contributed by atoms with Gasteiger partial charge in [-0.3, -0.25) is 9.78 Å². The molecule has 0 aliphatic carbocycles. The Labute approximate surface area is 125 Å². The number of hydrogen-bond donors (Lipinski definition) is 1. The maximum atomic E-state index is 13.0. The Hall–Kier alpha value is -1.96. The molecule has 0 atom stereocenters. The van der Waals surface area contributed by atoms with E-state index in [0.29, 0.717) is 6.07 Å². The number of halogens is 5. The lowest BCUT2D eigenvalue weighted by Gasteiger charge is -2.09. The van der Waals surface area contributed by atoms with E-state index >= 15 is 0 Å². The molecular weight excluding hydrogens is 356 g/mol. The van der Waals surface area contributed by atoms with Gasteiger partial charge in [-0.15, -0.1) is 0 Å². The van der Waals surface area contributed by atoms with Crippen molar-refractivity contribution in [2.75, 3.05) is 5.32 Å². The van der Waals surface area contributed by atoms with Crippen molar-refractivity contribution in [1.82, 2.24) is 4.98 Å². The summed E-state index contributed by atoms with van der Waals surface area (Å²) in [6.07, 6.45) is -3.66. The molecule has 1 amide bonds. The molecule has 2 aromatic rings. The molecule has 0 bridgehead atoms. The zero-order chi connectivity index (χ0) is 15.6. The van der Waals surface area contributed by atoms with Crippen LogP contribution in [0, 0.1) is 5.82 Å². The minimum atomic E-state index is -4.56. The first kappa shape index (κ1) is 15.4. The molecule has 1 aromatic heterocycles. The van der Waals surface area contributed by atoms with Crippen molar-refractivity contribution >= 4 is 27.5 Å². The molecule has 0 spiro atoms. The molecule has 0 aliphatic rings. The molecule has 1 aromatic carbocycles. The number of nitrogens with zero attached hydrogens (tertiary/aromatic N) is 1. The summed E-state index contributed by atoms with van der Waals surface area (Å²) in [6.45, 7) is 0. The molecule has 0 saturated heterocycles. The smallest absolute Gasteiger partial charge is 0.321 e. The van der Waals surface area contributed by atoms with Gasteiger partial charge in [0.25, 0.3) is 5.91 Å². The van der Waals surface area contributed by atoms with Crippen molar-refractivity contribution < 1.29 is 22.4 Å². The van der Waals surface area contributed by atoms with Crippen LogP contribution in [0.5, 0.6) is 0 Å². The van der Waals surface area contributed by atoms with Crippen LogP contribution in [0.15, 0.2) is 41.0 Å². The number of aromatic nitrogens is 1. The summed E-state index contributed by atoms with van der Waals surface area (Å²) in [7, 11) is 0. The van der Waals surface area contributed by atoms with Crippen LogP contribution in [0.3, 0.4) is 0 Å². The van der Waals surface area contributed by atoms with E-state index in [2.05, 4.69) is 26.2 Å². The van der Waals surface area contributed by atoms with Crippen LogP contribution in [0.2, 0.25) is 0 Å². The molecule has 1 N–H and O–H groups in total. The van der Waals surface area contributed by atoms with Gasteiger partial charge in [-0.1, -0.05) is 0 Å². The summed E-state index contributed by atoms with van der Waals surface area (Å²) in [5.41, 5.74) is -1.12. The van der Waals surface area contributed by atoms with Crippen LogP contribution in [0.1, 0.15) is 16.1 Å². The first-order valence-corrected chi connectivity index (χ1v) is 6.36. The van der Waals surface area contributed by atoms with Crippen molar-refractivity contribution in [3.8, 4) is 0 Å². The second-order valence-electron chi connectivity index (χ2n) is 4.01. The lowest BCUT2D eigenvalue weighted by molar-refractivity contribution is -0.137. The van der Waals surface area contributed by atoms with Gasteiger partial charge in [-0.25, -0.2) is 4.39 Å². The van der Waals surface area contributed by atoms with E-state index in [4.69, 9.17) is 0 Å². The minimum absolute atomic E-state index is 0.123. The maximum absolute atomic E-state index is 13.0. The third-order valence-electron chi connectivity index (χ3n) is 2.50. The van der Waals surface area contributed by atoms with Gasteiger partial charge in [-0.05, 0) is 46.3 Å². The first-order chi connectivity index (χ1) is 9.77. The molecule has 0 radical (unpaired) electrons. The van der Waals surface area contributed by atoms with Crippen LogP contribution >= 0.6 is 15.9 Å². The molecule has 0 saturated carbocycles. The highest BCUT2D eigenvalue weighted by molar-refractivity contribution is 9.10. The highest BCUT2D eigenvalue weighted by Gasteiger charge is 2.31. The molecule has 0 unspecified atom stereocenters. The molecule has 8 heteroatoms. The van der Waals surface area contributed by atoms with E-state index in [1.54, 1.807) is 0 Å². The predicted molar refractivity (Wildman–Crippen MR) is 71.3 cm³/mol. The average molecular weight is 363 g/mol. The number of amides is 1. The van der Waals surface area contributed by atoms with Crippen molar-refractivity contribution in [2.24, 2.45) is 0 Å². The molecule has 21 heavy (non-hydrogen) atoms. The summed E-state index contributed by atoms with van der Waals surface area (Å²) < 4.78 is 50.8. The zero-order valence-corrected chi connectivity index (χ0v) is 11.8. The largest absolute Gasteiger partial charge is 0.416 e. The SMILES string of the molecule is O=C(Nc1ccc(F)c(Br)c1)c1cc(C(F)(F)F)ccn1. The van der Waals surface area contributed by atoms with Gasteiger partial charge in [0, 0.05) is 11.9 Å². The third-order valence-corrected chi connectivity index (χ3v) is 3.11. The third kappa shape index (κ3) is 3.78. The molecule has 110 valence electrons. The van der Waals surface area contributed by atoms with Crippen LogP contribution < -0.4 is 5.32 Å². The summed E-state index contributed by atoms with van der Waals surface area (Å²) >= 11 is 2.94. The number of pyridine rings is 1. The van der Waals surface area contributed by atoms with Crippen molar-refractivity contribution in [3.63, 3.8) is 0 Å². The van der Waals surface area contributed by atoms with E-state index in [0.717, 1.165) is 18.3 Å². The predicted octanol–water partition coefficient (Wildman–Crippen LogP) is 4.25. The van der Waals surface area contributed by atoms with Crippen molar-refractivity contribution in [3.05, 3.63) is 58.1 Å². The fourth-order valence-corrected chi connectivity index (χ4v) is 1.88. The van der Waals surface area contributed by atoms with E-state index < -0.39 is 23.5 Å². The van der Waals surface area contributed by atoms with Gasteiger partial charge in [0.15, 0.2) is 0 Å². The number of benzene rings is 1. The standard InChI is InChI=1S/C13H7BrF4N2O/c14-9-6-8(1-2-10(9)15)20-12(21)11-5-7(3-4-19-11)13(16,17)18/h1-6H,(H,20,21). The normalized spacial score (nSPS) is 11.3. The lowest BCUT2D eigenvalue weighted by Crippen LogP contribution is -2.15. The maximum Gasteiger partial charge on any atom is 0.416 e. The zero-order valence-electron chi connectivity index (χ0n) is 10.2. The Balaban J connectivity index is 2.22. The Morgan fingerprint density at radius 1 is 1.19 bits per heavy atom. The second-order valence-corrected chi connectivity index (χ2v) is 4.86. The number of hydrogen-bond acceptors (Lipinski definition) is 2. The molecule has 1 heterocycles. The number of carbonyl (C=O) groups is 1. The molecule has 3 nitrogen and oxygen atoms in total. The Morgan fingerprint density at radius 3 is 2.52 bits per heavy atom. The van der Waals surface area contributed by atoms with E-state index in [1.807, 2.05) is 0 Å². The Kier molecular flexibility index (Phi) is 4.26. The number of carbonyl (C=O) groups excluding carboxylic acids is 1. The number of rotatable bonds is 2. The van der Waals surface area contributed by atoms with Crippen molar-refractivity contribution in [2.45, 2.75) is 6.18 Å². The van der Waals surface area contributed by atoms with Crippen LogP contribution in [-0.2, 0) is 6.18 Å². The topological polar surface area (TPSA) is 42.0 Å². The van der Waals surface area contributed by atoms with Gasteiger partial charge >= 0.3 is 6.18 Å². The highest BCUT2D eigenvalue weighted by Crippen LogP contribution is 2.29. The second kappa shape index (κ2) is 5.80. The van der Waals surface area contributed by atoms with E-state index in [-0.39, 0.29) is 15.9 Å². The number of alkyl halides is 3. The highest BCUT2D eigenvalue weighted by atomic mass is 79.9. The van der Waals surface area contributed by atoms with Crippen LogP contribution in [0.4, 0.5) is 23.2 Å². The molecular formula is C13H7BrF4N2O. The Bertz CT molecular complexity index is 688. The monoisotopic (exact) mass is 362 g/mol. The molecule has 0 aliphatic heterocycles. The van der Waals surface area contributed by atoms with Gasteiger partial charge in [0.05, 0.1) is 10.0 Å².